The molecule has 0 saturated heterocycles. The molecule has 2 heteroatoms. The molecule has 2 aromatic rings. The predicted octanol–water partition coefficient (Wildman–Crippen LogP) is 4.36. The van der Waals surface area contributed by atoms with Gasteiger partial charge in [-0.15, -0.1) is 0 Å². The molecule has 0 heterocycles. The number of hydrogen-bond donors (Lipinski definition) is 1. The first-order valence-electron chi connectivity index (χ1n) is 5.25. The monoisotopic (exact) mass is 231 g/mol. The Hall–Kier alpha value is -1.47. The van der Waals surface area contributed by atoms with Gasteiger partial charge in [-0.1, -0.05) is 47.5 Å². The van der Waals surface area contributed by atoms with Crippen LogP contribution in [-0.2, 0) is 0 Å². The van der Waals surface area contributed by atoms with Crippen LogP contribution in [-0.4, -0.2) is 7.05 Å². The summed E-state index contributed by atoms with van der Waals surface area (Å²) >= 11 is 6.16. The van der Waals surface area contributed by atoms with E-state index in [0.717, 1.165) is 16.3 Å². The summed E-state index contributed by atoms with van der Waals surface area (Å²) in [6, 6.07) is 14.5. The smallest absolute Gasteiger partial charge is 0.0643 e. The molecule has 1 N–H and O–H groups in total. The number of nitrogens with one attached hydrogen (secondary N) is 1. The molecule has 0 radical (unpaired) electrons. The van der Waals surface area contributed by atoms with Crippen molar-refractivity contribution in [2.75, 3.05) is 12.4 Å². The van der Waals surface area contributed by atoms with Crippen molar-refractivity contribution in [1.82, 2.24) is 0 Å². The van der Waals surface area contributed by atoms with E-state index in [4.69, 9.17) is 11.6 Å². The molecule has 0 unspecified atom stereocenters. The van der Waals surface area contributed by atoms with Crippen molar-refractivity contribution in [2.45, 2.75) is 6.92 Å². The fourth-order valence-electron chi connectivity index (χ4n) is 1.72. The van der Waals surface area contributed by atoms with Gasteiger partial charge in [-0.25, -0.2) is 0 Å². The highest BCUT2D eigenvalue weighted by molar-refractivity contribution is 6.33. The Morgan fingerprint density at radius 3 is 2.38 bits per heavy atom. The minimum Gasteiger partial charge on any atom is -0.387 e. The van der Waals surface area contributed by atoms with E-state index in [1.165, 1.54) is 11.1 Å². The maximum absolute atomic E-state index is 6.16. The van der Waals surface area contributed by atoms with E-state index in [-0.39, 0.29) is 0 Å². The van der Waals surface area contributed by atoms with E-state index in [9.17, 15) is 0 Å². The zero-order chi connectivity index (χ0) is 11.5. The molecule has 0 saturated carbocycles. The lowest BCUT2D eigenvalue weighted by molar-refractivity contribution is 1.46. The van der Waals surface area contributed by atoms with Crippen molar-refractivity contribution in [3.8, 4) is 11.1 Å². The zero-order valence-electron chi connectivity index (χ0n) is 9.42. The Balaban J connectivity index is 2.45. The molecule has 16 heavy (non-hydrogen) atoms. The van der Waals surface area contributed by atoms with Crippen molar-refractivity contribution in [3.63, 3.8) is 0 Å². The molecule has 2 rings (SSSR count). The molecule has 0 fully saturated rings. The fraction of sp³-hybridized carbons (Fsp3) is 0.143. The Morgan fingerprint density at radius 1 is 1.00 bits per heavy atom. The van der Waals surface area contributed by atoms with Gasteiger partial charge in [-0.3, -0.25) is 0 Å². The van der Waals surface area contributed by atoms with E-state index >= 15 is 0 Å². The van der Waals surface area contributed by atoms with Crippen molar-refractivity contribution in [2.24, 2.45) is 0 Å². The number of anilines is 1. The van der Waals surface area contributed by atoms with Gasteiger partial charge in [-0.2, -0.15) is 0 Å². The topological polar surface area (TPSA) is 12.0 Å². The summed E-state index contributed by atoms with van der Waals surface area (Å²) in [5, 5.41) is 3.80. The second-order valence-corrected chi connectivity index (χ2v) is 4.22. The molecule has 1 nitrogen and oxygen atoms in total. The molecular weight excluding hydrogens is 218 g/mol. The highest BCUT2D eigenvalue weighted by Gasteiger charge is 2.02. The van der Waals surface area contributed by atoms with Crippen LogP contribution in [0.1, 0.15) is 5.56 Å². The lowest BCUT2D eigenvalue weighted by Gasteiger charge is -2.07. The molecule has 0 amide bonds. The minimum absolute atomic E-state index is 0.751. The molecular formula is C14H14ClN. The Morgan fingerprint density at radius 2 is 1.75 bits per heavy atom. The molecule has 0 aromatic heterocycles. The van der Waals surface area contributed by atoms with Gasteiger partial charge in [0.05, 0.1) is 10.7 Å². The second kappa shape index (κ2) is 4.58. The minimum atomic E-state index is 0.751. The average molecular weight is 232 g/mol. The summed E-state index contributed by atoms with van der Waals surface area (Å²) in [6.45, 7) is 2.09. The molecule has 0 aliphatic carbocycles. The number of aryl methyl sites for hydroxylation is 1. The van der Waals surface area contributed by atoms with Crippen LogP contribution in [0.5, 0.6) is 0 Å². The third kappa shape index (κ3) is 2.20. The first-order chi connectivity index (χ1) is 7.70. The first-order valence-corrected chi connectivity index (χ1v) is 5.63. The van der Waals surface area contributed by atoms with Crippen molar-refractivity contribution in [1.29, 1.82) is 0 Å². The maximum atomic E-state index is 6.16. The number of halogens is 1. The van der Waals surface area contributed by atoms with Gasteiger partial charge in [-0.05, 0) is 30.2 Å². The van der Waals surface area contributed by atoms with Crippen LogP contribution in [0, 0.1) is 6.92 Å². The van der Waals surface area contributed by atoms with Crippen LogP contribution in [0.2, 0.25) is 5.02 Å². The van der Waals surface area contributed by atoms with Crippen LogP contribution in [0.4, 0.5) is 5.69 Å². The van der Waals surface area contributed by atoms with Crippen molar-refractivity contribution < 1.29 is 0 Å². The van der Waals surface area contributed by atoms with Crippen LogP contribution in [0.3, 0.4) is 0 Å². The summed E-state index contributed by atoms with van der Waals surface area (Å²) in [5.74, 6) is 0. The van der Waals surface area contributed by atoms with Crippen LogP contribution < -0.4 is 5.32 Å². The van der Waals surface area contributed by atoms with E-state index in [2.05, 4.69) is 42.6 Å². The lowest BCUT2D eigenvalue weighted by Crippen LogP contribution is -1.89. The van der Waals surface area contributed by atoms with Crippen LogP contribution in [0.15, 0.2) is 42.5 Å². The van der Waals surface area contributed by atoms with Gasteiger partial charge in [0.1, 0.15) is 0 Å². The highest BCUT2D eigenvalue weighted by atomic mass is 35.5. The quantitative estimate of drug-likeness (QED) is 0.810. The molecule has 0 bridgehead atoms. The Kier molecular flexibility index (Phi) is 3.16. The van der Waals surface area contributed by atoms with Gasteiger partial charge < -0.3 is 5.32 Å². The van der Waals surface area contributed by atoms with Crippen molar-refractivity contribution in [3.05, 3.63) is 53.1 Å². The second-order valence-electron chi connectivity index (χ2n) is 3.81. The van der Waals surface area contributed by atoms with Crippen LogP contribution >= 0.6 is 11.6 Å². The van der Waals surface area contributed by atoms with Gasteiger partial charge in [0.25, 0.3) is 0 Å². The summed E-state index contributed by atoms with van der Waals surface area (Å²) < 4.78 is 0. The number of benzene rings is 2. The van der Waals surface area contributed by atoms with Gasteiger partial charge >= 0.3 is 0 Å². The standard InChI is InChI=1S/C14H14ClN/c1-10-4-3-5-11(8-10)12-6-7-14(16-2)13(15)9-12/h3-9,16H,1-2H3. The largest absolute Gasteiger partial charge is 0.387 e. The molecule has 0 aliphatic rings. The maximum Gasteiger partial charge on any atom is 0.0643 e. The zero-order valence-corrected chi connectivity index (χ0v) is 10.2. The third-order valence-electron chi connectivity index (χ3n) is 2.59. The normalized spacial score (nSPS) is 10.2. The molecule has 0 aliphatic heterocycles. The average Bonchev–Trinajstić information content (AvgIpc) is 2.29. The number of hydrogen-bond acceptors (Lipinski definition) is 1. The predicted molar refractivity (Wildman–Crippen MR) is 71.2 cm³/mol. The Bertz CT molecular complexity index is 506. The summed E-state index contributed by atoms with van der Waals surface area (Å²) in [6.07, 6.45) is 0. The lowest BCUT2D eigenvalue weighted by atomic mass is 10.0. The van der Waals surface area contributed by atoms with E-state index in [0.29, 0.717) is 0 Å². The third-order valence-corrected chi connectivity index (χ3v) is 2.90. The molecule has 0 spiro atoms. The summed E-state index contributed by atoms with van der Waals surface area (Å²) in [4.78, 5) is 0. The SMILES string of the molecule is CNc1ccc(-c2cccc(C)c2)cc1Cl. The van der Waals surface area contributed by atoms with Crippen molar-refractivity contribution >= 4 is 17.3 Å². The Labute approximate surface area is 101 Å². The summed E-state index contributed by atoms with van der Waals surface area (Å²) in [7, 11) is 1.87. The molecule has 2 aromatic carbocycles. The fourth-order valence-corrected chi connectivity index (χ4v) is 2.00. The van der Waals surface area contributed by atoms with E-state index < -0.39 is 0 Å². The molecule has 82 valence electrons. The summed E-state index contributed by atoms with van der Waals surface area (Å²) in [5.41, 5.74) is 4.56. The highest BCUT2D eigenvalue weighted by Crippen LogP contribution is 2.28. The van der Waals surface area contributed by atoms with Gasteiger partial charge in [0.15, 0.2) is 0 Å². The van der Waals surface area contributed by atoms with Gasteiger partial charge in [0.2, 0.25) is 0 Å². The number of rotatable bonds is 2. The molecule has 0 atom stereocenters. The van der Waals surface area contributed by atoms with E-state index in [1.807, 2.05) is 19.2 Å². The van der Waals surface area contributed by atoms with E-state index in [1.54, 1.807) is 0 Å². The van der Waals surface area contributed by atoms with Crippen LogP contribution in [0.25, 0.3) is 11.1 Å². The van der Waals surface area contributed by atoms with Gasteiger partial charge in [0, 0.05) is 7.05 Å². The first kappa shape index (κ1) is 11.0.